The molecular formula is C31H49NO3. The van der Waals surface area contributed by atoms with Gasteiger partial charge in [0.1, 0.15) is 28.3 Å². The highest BCUT2D eigenvalue weighted by molar-refractivity contribution is 5.54. The first-order chi connectivity index (χ1) is 15.6. The molecule has 0 unspecified atom stereocenters. The molecule has 196 valence electrons. The van der Waals surface area contributed by atoms with Crippen molar-refractivity contribution in [1.29, 1.82) is 0 Å². The van der Waals surface area contributed by atoms with Gasteiger partial charge in [0, 0.05) is 17.2 Å². The van der Waals surface area contributed by atoms with Crippen LogP contribution in [-0.4, -0.2) is 22.4 Å². The standard InChI is InChI=1S/C31H49NO3/c1-20(32)31(33,23-18-21(27(2,3)4)14-16-25(23)34-29(8,9)10)24-19-22(28(5,6)7)15-17-26(24)35-30(11,12)13/h14-20,33H,32H2,1-13H3/t20-/m0/s1. The molecule has 1 atom stereocenters. The number of hydrogen-bond donors (Lipinski definition) is 2. The van der Waals surface area contributed by atoms with E-state index in [0.717, 1.165) is 11.1 Å². The molecule has 2 rings (SSSR count). The molecule has 0 aliphatic carbocycles. The van der Waals surface area contributed by atoms with Crippen LogP contribution in [0.5, 0.6) is 11.5 Å². The summed E-state index contributed by atoms with van der Waals surface area (Å²) in [7, 11) is 0. The maximum atomic E-state index is 12.7. The predicted molar refractivity (Wildman–Crippen MR) is 148 cm³/mol. The van der Waals surface area contributed by atoms with E-state index in [4.69, 9.17) is 15.2 Å². The lowest BCUT2D eigenvalue weighted by Gasteiger charge is -2.39. The Labute approximate surface area is 214 Å². The Hall–Kier alpha value is -2.04. The van der Waals surface area contributed by atoms with Crippen molar-refractivity contribution in [3.63, 3.8) is 0 Å². The fourth-order valence-electron chi connectivity index (χ4n) is 4.06. The van der Waals surface area contributed by atoms with Crippen molar-refractivity contribution in [2.45, 2.75) is 124 Å². The second-order valence-corrected chi connectivity index (χ2v) is 13.9. The number of benzene rings is 2. The van der Waals surface area contributed by atoms with E-state index in [1.54, 1.807) is 0 Å². The van der Waals surface area contributed by atoms with Gasteiger partial charge in [-0.25, -0.2) is 0 Å². The molecule has 3 N–H and O–H groups in total. The lowest BCUT2D eigenvalue weighted by Crippen LogP contribution is -2.46. The Bertz CT molecular complexity index is 948. The molecule has 4 nitrogen and oxygen atoms in total. The van der Waals surface area contributed by atoms with Gasteiger partial charge in [0.15, 0.2) is 0 Å². The molecule has 2 aromatic carbocycles. The van der Waals surface area contributed by atoms with Gasteiger partial charge in [-0.1, -0.05) is 53.7 Å². The highest BCUT2D eigenvalue weighted by atomic mass is 16.5. The first-order valence-electron chi connectivity index (χ1n) is 12.7. The molecule has 0 aliphatic rings. The average Bonchev–Trinajstić information content (AvgIpc) is 2.63. The third kappa shape index (κ3) is 7.01. The zero-order valence-electron chi connectivity index (χ0n) is 24.4. The minimum atomic E-state index is -1.55. The van der Waals surface area contributed by atoms with Gasteiger partial charge < -0.3 is 20.3 Å². The monoisotopic (exact) mass is 483 g/mol. The summed E-state index contributed by atoms with van der Waals surface area (Å²) in [4.78, 5) is 0. The maximum absolute atomic E-state index is 12.7. The Morgan fingerprint density at radius 2 is 0.943 bits per heavy atom. The number of rotatable bonds is 5. The first-order valence-corrected chi connectivity index (χ1v) is 12.7. The molecule has 0 amide bonds. The van der Waals surface area contributed by atoms with E-state index in [1.165, 1.54) is 0 Å². The fourth-order valence-corrected chi connectivity index (χ4v) is 4.06. The van der Waals surface area contributed by atoms with Gasteiger partial charge in [-0.3, -0.25) is 0 Å². The molecule has 0 heterocycles. The molecule has 0 fully saturated rings. The van der Waals surface area contributed by atoms with Crippen LogP contribution in [-0.2, 0) is 16.4 Å². The highest BCUT2D eigenvalue weighted by Crippen LogP contribution is 2.46. The topological polar surface area (TPSA) is 64.7 Å². The van der Waals surface area contributed by atoms with Crippen molar-refractivity contribution in [1.82, 2.24) is 0 Å². The van der Waals surface area contributed by atoms with Crippen molar-refractivity contribution in [3.05, 3.63) is 58.7 Å². The normalized spacial score (nSPS) is 14.6. The average molecular weight is 484 g/mol. The van der Waals surface area contributed by atoms with E-state index in [2.05, 4.69) is 65.8 Å². The molecule has 0 aromatic heterocycles. The van der Waals surface area contributed by atoms with Gasteiger partial charge in [-0.15, -0.1) is 0 Å². The van der Waals surface area contributed by atoms with E-state index in [9.17, 15) is 5.11 Å². The first kappa shape index (κ1) is 29.2. The van der Waals surface area contributed by atoms with Crippen LogP contribution in [0, 0.1) is 0 Å². The van der Waals surface area contributed by atoms with Crippen molar-refractivity contribution < 1.29 is 14.6 Å². The smallest absolute Gasteiger partial charge is 0.136 e. The quantitative estimate of drug-likeness (QED) is 0.471. The second kappa shape index (κ2) is 9.44. The summed E-state index contributed by atoms with van der Waals surface area (Å²) < 4.78 is 12.8. The van der Waals surface area contributed by atoms with Crippen molar-refractivity contribution in [2.75, 3.05) is 0 Å². The largest absolute Gasteiger partial charge is 0.488 e. The fraction of sp³-hybridized carbons (Fsp3) is 0.613. The Kier molecular flexibility index (Phi) is 7.88. The molecule has 0 saturated carbocycles. The summed E-state index contributed by atoms with van der Waals surface area (Å²) in [6, 6.07) is 11.5. The van der Waals surface area contributed by atoms with Gasteiger partial charge >= 0.3 is 0 Å². The summed E-state index contributed by atoms with van der Waals surface area (Å²) in [5.74, 6) is 1.24. The minimum Gasteiger partial charge on any atom is -0.488 e. The maximum Gasteiger partial charge on any atom is 0.136 e. The van der Waals surface area contributed by atoms with E-state index < -0.39 is 22.8 Å². The summed E-state index contributed by atoms with van der Waals surface area (Å²) in [6.07, 6.45) is 0. The molecule has 35 heavy (non-hydrogen) atoms. The summed E-state index contributed by atoms with van der Waals surface area (Å²) in [5.41, 5.74) is 7.46. The SMILES string of the molecule is C[C@H](N)C(O)(c1cc(C(C)(C)C)ccc1OC(C)(C)C)c1cc(C(C)(C)C)ccc1OC(C)(C)C. The number of ether oxygens (including phenoxy) is 2. The summed E-state index contributed by atoms with van der Waals surface area (Å²) >= 11 is 0. The van der Waals surface area contributed by atoms with Gasteiger partial charge in [0.05, 0.1) is 0 Å². The van der Waals surface area contributed by atoms with Crippen molar-refractivity contribution >= 4 is 0 Å². The molecule has 2 aromatic rings. The van der Waals surface area contributed by atoms with Gasteiger partial charge in [0.25, 0.3) is 0 Å². The third-order valence-corrected chi connectivity index (χ3v) is 6.00. The van der Waals surface area contributed by atoms with Crippen LogP contribution in [0.15, 0.2) is 36.4 Å². The third-order valence-electron chi connectivity index (χ3n) is 6.00. The molecule has 0 radical (unpaired) electrons. The highest BCUT2D eigenvalue weighted by Gasteiger charge is 2.43. The Morgan fingerprint density at radius 3 is 1.17 bits per heavy atom. The molecular weight excluding hydrogens is 434 g/mol. The number of nitrogens with two attached hydrogens (primary N) is 1. The van der Waals surface area contributed by atoms with Crippen LogP contribution in [0.2, 0.25) is 0 Å². The van der Waals surface area contributed by atoms with Gasteiger partial charge in [0.2, 0.25) is 0 Å². The van der Waals surface area contributed by atoms with Crippen LogP contribution in [0.3, 0.4) is 0 Å². The van der Waals surface area contributed by atoms with Crippen LogP contribution >= 0.6 is 0 Å². The minimum absolute atomic E-state index is 0.119. The predicted octanol–water partition coefficient (Wildman–Crippen LogP) is 7.22. The summed E-state index contributed by atoms with van der Waals surface area (Å²) in [5, 5.41) is 12.7. The van der Waals surface area contributed by atoms with E-state index in [-0.39, 0.29) is 10.8 Å². The number of aliphatic hydroxyl groups is 1. The summed E-state index contributed by atoms with van der Waals surface area (Å²) in [6.45, 7) is 26.9. The van der Waals surface area contributed by atoms with Crippen molar-refractivity contribution in [3.8, 4) is 11.5 Å². The van der Waals surface area contributed by atoms with E-state index in [1.807, 2.05) is 60.6 Å². The second-order valence-electron chi connectivity index (χ2n) is 13.9. The van der Waals surface area contributed by atoms with Gasteiger partial charge in [-0.05, 0) is 94.7 Å². The lowest BCUT2D eigenvalue weighted by molar-refractivity contribution is 0.0405. The molecule has 0 spiro atoms. The zero-order valence-corrected chi connectivity index (χ0v) is 24.4. The zero-order chi connectivity index (χ0) is 27.2. The molecule has 0 saturated heterocycles. The van der Waals surface area contributed by atoms with E-state index in [0.29, 0.717) is 22.6 Å². The molecule has 0 aliphatic heterocycles. The van der Waals surface area contributed by atoms with Crippen LogP contribution in [0.1, 0.15) is 112 Å². The molecule has 4 heteroatoms. The van der Waals surface area contributed by atoms with Crippen molar-refractivity contribution in [2.24, 2.45) is 5.73 Å². The van der Waals surface area contributed by atoms with E-state index >= 15 is 0 Å². The van der Waals surface area contributed by atoms with Crippen LogP contribution in [0.4, 0.5) is 0 Å². The number of hydrogen-bond acceptors (Lipinski definition) is 4. The Morgan fingerprint density at radius 1 is 0.629 bits per heavy atom. The Balaban J connectivity index is 3.00. The molecule has 0 bridgehead atoms. The van der Waals surface area contributed by atoms with Crippen LogP contribution in [0.25, 0.3) is 0 Å². The van der Waals surface area contributed by atoms with Crippen LogP contribution < -0.4 is 15.2 Å². The lowest BCUT2D eigenvalue weighted by atomic mass is 9.75. The van der Waals surface area contributed by atoms with Gasteiger partial charge in [-0.2, -0.15) is 0 Å².